The van der Waals surface area contributed by atoms with Crippen LogP contribution in [0.3, 0.4) is 0 Å². The van der Waals surface area contributed by atoms with Crippen LogP contribution in [-0.4, -0.2) is 62.7 Å². The van der Waals surface area contributed by atoms with Gasteiger partial charge in [0, 0.05) is 13.1 Å². The molecule has 4 nitrogen and oxygen atoms in total. The molecule has 1 fully saturated rings. The quantitative estimate of drug-likeness (QED) is 0.738. The summed E-state index contributed by atoms with van der Waals surface area (Å²) in [6.45, 7) is 6.72. The third-order valence-electron chi connectivity index (χ3n) is 4.07. The molecule has 1 aliphatic heterocycles. The lowest BCUT2D eigenvalue weighted by molar-refractivity contribution is 0.261. The van der Waals surface area contributed by atoms with Crippen molar-refractivity contribution in [2.45, 2.75) is 31.7 Å². The second-order valence-electron chi connectivity index (χ2n) is 5.98. The fourth-order valence-corrected chi connectivity index (χ4v) is 2.65. The highest BCUT2D eigenvalue weighted by Gasteiger charge is 2.22. The lowest BCUT2D eigenvalue weighted by Gasteiger charge is -2.24. The van der Waals surface area contributed by atoms with Crippen molar-refractivity contribution in [2.75, 3.05) is 47.3 Å². The molecule has 4 heteroatoms. The van der Waals surface area contributed by atoms with Gasteiger partial charge in [-0.1, -0.05) is 0 Å². The van der Waals surface area contributed by atoms with Crippen LogP contribution in [0.2, 0.25) is 0 Å². The molecule has 0 spiro atoms. The fraction of sp³-hybridized carbons (Fsp3) is 0.929. The third kappa shape index (κ3) is 4.93. The molecule has 0 bridgehead atoms. The van der Waals surface area contributed by atoms with Gasteiger partial charge >= 0.3 is 0 Å². The van der Waals surface area contributed by atoms with Crippen LogP contribution in [0.1, 0.15) is 26.2 Å². The molecular formula is C14H28N4. The molecule has 0 amide bonds. The van der Waals surface area contributed by atoms with Crippen molar-refractivity contribution in [1.82, 2.24) is 15.1 Å². The van der Waals surface area contributed by atoms with Gasteiger partial charge in [-0.05, 0) is 66.3 Å². The summed E-state index contributed by atoms with van der Waals surface area (Å²) in [5.74, 6) is 0.826. The lowest BCUT2D eigenvalue weighted by Crippen LogP contribution is -2.39. The van der Waals surface area contributed by atoms with Gasteiger partial charge < -0.3 is 15.1 Å². The molecule has 1 aliphatic rings. The zero-order valence-corrected chi connectivity index (χ0v) is 12.4. The van der Waals surface area contributed by atoms with Crippen molar-refractivity contribution < 1.29 is 0 Å². The average molecular weight is 252 g/mol. The first kappa shape index (κ1) is 15.4. The number of hydrogen-bond acceptors (Lipinski definition) is 4. The normalized spacial score (nSPS) is 24.1. The number of nitriles is 1. The molecule has 2 atom stereocenters. The Kier molecular flexibility index (Phi) is 6.07. The molecule has 0 saturated carbocycles. The second kappa shape index (κ2) is 7.08. The molecule has 1 N–H and O–H groups in total. The lowest BCUT2D eigenvalue weighted by atomic mass is 9.98. The van der Waals surface area contributed by atoms with Crippen molar-refractivity contribution in [3.05, 3.63) is 0 Å². The first-order chi connectivity index (χ1) is 8.49. The highest BCUT2D eigenvalue weighted by atomic mass is 15.1. The van der Waals surface area contributed by atoms with E-state index in [1.165, 1.54) is 26.1 Å². The minimum absolute atomic E-state index is 0.367. The van der Waals surface area contributed by atoms with Gasteiger partial charge in [-0.2, -0.15) is 5.26 Å². The molecule has 104 valence electrons. The molecule has 1 saturated heterocycles. The molecule has 2 unspecified atom stereocenters. The summed E-state index contributed by atoms with van der Waals surface area (Å²) in [5.41, 5.74) is -0.367. The molecule has 1 rings (SSSR count). The monoisotopic (exact) mass is 252 g/mol. The molecule has 0 aromatic rings. The van der Waals surface area contributed by atoms with Crippen molar-refractivity contribution in [1.29, 1.82) is 5.26 Å². The van der Waals surface area contributed by atoms with Crippen LogP contribution in [0.4, 0.5) is 0 Å². The van der Waals surface area contributed by atoms with Gasteiger partial charge in [0.2, 0.25) is 0 Å². The van der Waals surface area contributed by atoms with Crippen molar-refractivity contribution in [2.24, 2.45) is 5.92 Å². The van der Waals surface area contributed by atoms with Crippen LogP contribution in [-0.2, 0) is 0 Å². The van der Waals surface area contributed by atoms with E-state index in [4.69, 9.17) is 5.26 Å². The Hall–Kier alpha value is -0.630. The SMILES string of the molecule is CNC(C)(C#N)CCCN(C)CC1CCN(C)C1. The Morgan fingerprint density at radius 2 is 2.28 bits per heavy atom. The molecule has 0 radical (unpaired) electrons. The Balaban J connectivity index is 2.17. The number of rotatable bonds is 7. The molecule has 1 heterocycles. The van der Waals surface area contributed by atoms with E-state index in [9.17, 15) is 0 Å². The Labute approximate surface area is 112 Å². The van der Waals surface area contributed by atoms with Crippen LogP contribution >= 0.6 is 0 Å². The number of nitrogens with zero attached hydrogens (tertiary/aromatic N) is 3. The van der Waals surface area contributed by atoms with Crippen molar-refractivity contribution in [3.8, 4) is 6.07 Å². The highest BCUT2D eigenvalue weighted by molar-refractivity contribution is 5.02. The van der Waals surface area contributed by atoms with Gasteiger partial charge in [-0.15, -0.1) is 0 Å². The number of hydrogen-bond donors (Lipinski definition) is 1. The van der Waals surface area contributed by atoms with E-state index in [2.05, 4.69) is 35.3 Å². The van der Waals surface area contributed by atoms with E-state index in [0.717, 1.165) is 25.3 Å². The zero-order chi connectivity index (χ0) is 13.6. The molecule has 18 heavy (non-hydrogen) atoms. The van der Waals surface area contributed by atoms with E-state index in [1.54, 1.807) is 0 Å². The molecule has 0 aromatic heterocycles. The minimum Gasteiger partial charge on any atom is -0.306 e. The highest BCUT2D eigenvalue weighted by Crippen LogP contribution is 2.16. The predicted octanol–water partition coefficient (Wildman–Crippen LogP) is 1.15. The first-order valence-corrected chi connectivity index (χ1v) is 6.96. The van der Waals surface area contributed by atoms with E-state index in [1.807, 2.05) is 14.0 Å². The van der Waals surface area contributed by atoms with Crippen LogP contribution in [0.15, 0.2) is 0 Å². The number of nitrogens with one attached hydrogen (secondary N) is 1. The topological polar surface area (TPSA) is 42.3 Å². The van der Waals surface area contributed by atoms with Gasteiger partial charge in [0.15, 0.2) is 0 Å². The average Bonchev–Trinajstić information content (AvgIpc) is 2.74. The Morgan fingerprint density at radius 3 is 2.78 bits per heavy atom. The molecular weight excluding hydrogens is 224 g/mol. The van der Waals surface area contributed by atoms with Gasteiger partial charge in [0.1, 0.15) is 5.54 Å². The molecule has 0 aliphatic carbocycles. The van der Waals surface area contributed by atoms with Gasteiger partial charge in [0.25, 0.3) is 0 Å². The maximum Gasteiger partial charge on any atom is 0.103 e. The summed E-state index contributed by atoms with van der Waals surface area (Å²) in [7, 11) is 6.26. The first-order valence-electron chi connectivity index (χ1n) is 6.96. The number of likely N-dealkylation sites (tertiary alicyclic amines) is 1. The Bertz CT molecular complexity index is 286. The van der Waals surface area contributed by atoms with Gasteiger partial charge in [0.05, 0.1) is 6.07 Å². The van der Waals surface area contributed by atoms with Crippen LogP contribution in [0.5, 0.6) is 0 Å². The van der Waals surface area contributed by atoms with E-state index in [-0.39, 0.29) is 5.54 Å². The van der Waals surface area contributed by atoms with Crippen LogP contribution in [0, 0.1) is 17.2 Å². The predicted molar refractivity (Wildman–Crippen MR) is 75.4 cm³/mol. The smallest absolute Gasteiger partial charge is 0.103 e. The second-order valence-corrected chi connectivity index (χ2v) is 5.98. The summed E-state index contributed by atoms with van der Waals surface area (Å²) in [4.78, 5) is 4.82. The van der Waals surface area contributed by atoms with E-state index < -0.39 is 0 Å². The summed E-state index contributed by atoms with van der Waals surface area (Å²) in [6.07, 6.45) is 3.31. The van der Waals surface area contributed by atoms with E-state index in [0.29, 0.717) is 0 Å². The standard InChI is InChI=1S/C14H28N4/c1-14(12-15,16-2)7-5-8-17(3)10-13-6-9-18(4)11-13/h13,16H,5-11H2,1-4H3. The maximum atomic E-state index is 9.08. The Morgan fingerprint density at radius 1 is 1.56 bits per heavy atom. The summed E-state index contributed by atoms with van der Waals surface area (Å²) in [5, 5.41) is 12.2. The van der Waals surface area contributed by atoms with Crippen LogP contribution < -0.4 is 5.32 Å². The van der Waals surface area contributed by atoms with Crippen molar-refractivity contribution >= 4 is 0 Å². The fourth-order valence-electron chi connectivity index (χ4n) is 2.65. The zero-order valence-electron chi connectivity index (χ0n) is 12.4. The van der Waals surface area contributed by atoms with Crippen LogP contribution in [0.25, 0.3) is 0 Å². The third-order valence-corrected chi connectivity index (χ3v) is 4.07. The summed E-state index contributed by atoms with van der Waals surface area (Å²) >= 11 is 0. The van der Waals surface area contributed by atoms with Gasteiger partial charge in [-0.3, -0.25) is 0 Å². The van der Waals surface area contributed by atoms with Gasteiger partial charge in [-0.25, -0.2) is 0 Å². The van der Waals surface area contributed by atoms with E-state index >= 15 is 0 Å². The molecule has 0 aromatic carbocycles. The summed E-state index contributed by atoms with van der Waals surface area (Å²) in [6, 6.07) is 2.34. The minimum atomic E-state index is -0.367. The summed E-state index contributed by atoms with van der Waals surface area (Å²) < 4.78 is 0. The maximum absolute atomic E-state index is 9.08. The largest absolute Gasteiger partial charge is 0.306 e. The van der Waals surface area contributed by atoms with Crippen molar-refractivity contribution in [3.63, 3.8) is 0 Å².